The van der Waals surface area contributed by atoms with Gasteiger partial charge in [0.25, 0.3) is 0 Å². The summed E-state index contributed by atoms with van der Waals surface area (Å²) in [4.78, 5) is 24.8. The second kappa shape index (κ2) is 8.79. The van der Waals surface area contributed by atoms with Gasteiger partial charge in [0.05, 0.1) is 4.90 Å². The number of rotatable bonds is 7. The molecule has 0 radical (unpaired) electrons. The minimum Gasteiger partial charge on any atom is -0.326 e. The first-order valence-electron chi connectivity index (χ1n) is 8.41. The van der Waals surface area contributed by atoms with Crippen molar-refractivity contribution in [2.24, 2.45) is 0 Å². The van der Waals surface area contributed by atoms with E-state index >= 15 is 0 Å². The number of anilines is 2. The molecule has 0 fully saturated rings. The fourth-order valence-corrected chi connectivity index (χ4v) is 3.71. The number of amides is 2. The molecule has 2 rings (SSSR count). The third kappa shape index (κ3) is 5.90. The topological polar surface area (TPSA) is 95.6 Å². The van der Waals surface area contributed by atoms with Crippen LogP contribution in [0.2, 0.25) is 0 Å². The van der Waals surface area contributed by atoms with Gasteiger partial charge in [-0.05, 0) is 42.8 Å². The lowest BCUT2D eigenvalue weighted by molar-refractivity contribution is -0.116. The molecule has 27 heavy (non-hydrogen) atoms. The molecule has 2 amide bonds. The van der Waals surface area contributed by atoms with Crippen LogP contribution in [0.15, 0.2) is 53.4 Å². The molecule has 0 saturated heterocycles. The number of sulfonamides is 1. The van der Waals surface area contributed by atoms with Crippen LogP contribution in [0, 0.1) is 6.92 Å². The van der Waals surface area contributed by atoms with Crippen LogP contribution in [0.25, 0.3) is 0 Å². The van der Waals surface area contributed by atoms with Gasteiger partial charge in [-0.3, -0.25) is 9.59 Å². The summed E-state index contributed by atoms with van der Waals surface area (Å²) < 4.78 is 27.3. The number of hydrogen-bond acceptors (Lipinski definition) is 4. The van der Waals surface area contributed by atoms with E-state index in [1.165, 1.54) is 24.8 Å². The molecule has 0 heterocycles. The third-order valence-electron chi connectivity index (χ3n) is 3.79. The SMILES string of the molecule is CC(=O)Nc1cccc(N(CCNS(=O)(=O)c2cccc(C)c2)C(C)=O)c1. The second-order valence-corrected chi connectivity index (χ2v) is 7.88. The number of carbonyl (C=O) groups is 2. The van der Waals surface area contributed by atoms with Crippen molar-refractivity contribution in [3.05, 3.63) is 54.1 Å². The maximum atomic E-state index is 12.4. The van der Waals surface area contributed by atoms with E-state index in [-0.39, 0.29) is 29.8 Å². The van der Waals surface area contributed by atoms with Crippen molar-refractivity contribution in [3.63, 3.8) is 0 Å². The highest BCUT2D eigenvalue weighted by atomic mass is 32.2. The molecule has 0 saturated carbocycles. The van der Waals surface area contributed by atoms with Crippen LogP contribution in [-0.4, -0.2) is 33.3 Å². The minimum atomic E-state index is -3.66. The molecule has 0 aliphatic rings. The Labute approximate surface area is 159 Å². The predicted octanol–water partition coefficient (Wildman–Crippen LogP) is 2.28. The van der Waals surface area contributed by atoms with Gasteiger partial charge in [-0.1, -0.05) is 18.2 Å². The van der Waals surface area contributed by atoms with Crippen molar-refractivity contribution >= 4 is 33.2 Å². The standard InChI is InChI=1S/C19H23N3O4S/c1-14-6-4-9-19(12-14)27(25,26)20-10-11-22(16(3)24)18-8-5-7-17(13-18)21-15(2)23/h4-9,12-13,20H,10-11H2,1-3H3,(H,21,23). The van der Waals surface area contributed by atoms with Crippen molar-refractivity contribution in [2.45, 2.75) is 25.7 Å². The number of aryl methyl sites for hydroxylation is 1. The zero-order chi connectivity index (χ0) is 20.0. The fourth-order valence-electron chi connectivity index (χ4n) is 2.58. The van der Waals surface area contributed by atoms with Gasteiger partial charge in [0.1, 0.15) is 0 Å². The monoisotopic (exact) mass is 389 g/mol. The van der Waals surface area contributed by atoms with Gasteiger partial charge < -0.3 is 10.2 Å². The summed E-state index contributed by atoms with van der Waals surface area (Å²) >= 11 is 0. The molecule has 0 bridgehead atoms. The van der Waals surface area contributed by atoms with E-state index in [2.05, 4.69) is 10.0 Å². The molecule has 0 aliphatic heterocycles. The molecule has 144 valence electrons. The van der Waals surface area contributed by atoms with Gasteiger partial charge in [-0.15, -0.1) is 0 Å². The van der Waals surface area contributed by atoms with Crippen molar-refractivity contribution in [1.29, 1.82) is 0 Å². The molecule has 2 aromatic carbocycles. The summed E-state index contributed by atoms with van der Waals surface area (Å²) in [6.07, 6.45) is 0. The van der Waals surface area contributed by atoms with Gasteiger partial charge in [-0.2, -0.15) is 0 Å². The molecule has 0 spiro atoms. The first-order chi connectivity index (χ1) is 12.7. The van der Waals surface area contributed by atoms with E-state index in [0.717, 1.165) is 5.56 Å². The Balaban J connectivity index is 2.09. The zero-order valence-electron chi connectivity index (χ0n) is 15.5. The van der Waals surface area contributed by atoms with Crippen molar-refractivity contribution < 1.29 is 18.0 Å². The molecule has 8 heteroatoms. The predicted molar refractivity (Wildman–Crippen MR) is 105 cm³/mol. The number of nitrogens with zero attached hydrogens (tertiary/aromatic N) is 1. The Kier molecular flexibility index (Phi) is 6.70. The molecular formula is C19H23N3O4S. The average molecular weight is 389 g/mol. The lowest BCUT2D eigenvalue weighted by Gasteiger charge is -2.22. The van der Waals surface area contributed by atoms with Crippen LogP contribution < -0.4 is 14.9 Å². The molecule has 0 atom stereocenters. The van der Waals surface area contributed by atoms with Crippen LogP contribution in [0.5, 0.6) is 0 Å². The number of hydrogen-bond donors (Lipinski definition) is 2. The highest BCUT2D eigenvalue weighted by Crippen LogP contribution is 2.20. The van der Waals surface area contributed by atoms with Crippen molar-refractivity contribution in [3.8, 4) is 0 Å². The van der Waals surface area contributed by atoms with E-state index in [0.29, 0.717) is 11.4 Å². The molecule has 0 aromatic heterocycles. The van der Waals surface area contributed by atoms with E-state index in [1.807, 2.05) is 13.0 Å². The minimum absolute atomic E-state index is 0.0558. The molecule has 2 aromatic rings. The summed E-state index contributed by atoms with van der Waals surface area (Å²) in [6.45, 7) is 4.83. The molecule has 2 N–H and O–H groups in total. The van der Waals surface area contributed by atoms with Gasteiger partial charge in [0, 0.05) is 38.3 Å². The maximum absolute atomic E-state index is 12.4. The van der Waals surface area contributed by atoms with Gasteiger partial charge >= 0.3 is 0 Å². The van der Waals surface area contributed by atoms with Gasteiger partial charge in [0.15, 0.2) is 0 Å². The highest BCUT2D eigenvalue weighted by molar-refractivity contribution is 7.89. The van der Waals surface area contributed by atoms with Crippen LogP contribution in [0.1, 0.15) is 19.4 Å². The average Bonchev–Trinajstić information content (AvgIpc) is 2.58. The largest absolute Gasteiger partial charge is 0.326 e. The van der Waals surface area contributed by atoms with Crippen molar-refractivity contribution in [2.75, 3.05) is 23.3 Å². The van der Waals surface area contributed by atoms with Crippen LogP contribution >= 0.6 is 0 Å². The van der Waals surface area contributed by atoms with E-state index < -0.39 is 10.0 Å². The third-order valence-corrected chi connectivity index (χ3v) is 5.24. The van der Waals surface area contributed by atoms with Crippen LogP contribution in [0.3, 0.4) is 0 Å². The fraction of sp³-hybridized carbons (Fsp3) is 0.263. The summed E-state index contributed by atoms with van der Waals surface area (Å²) in [5.74, 6) is -0.447. The zero-order valence-corrected chi connectivity index (χ0v) is 16.3. The van der Waals surface area contributed by atoms with E-state index in [1.54, 1.807) is 36.4 Å². The molecule has 0 aliphatic carbocycles. The molecular weight excluding hydrogens is 366 g/mol. The lowest BCUT2D eigenvalue weighted by atomic mass is 10.2. The summed E-state index contributed by atoms with van der Waals surface area (Å²) in [7, 11) is -3.66. The van der Waals surface area contributed by atoms with Crippen LogP contribution in [0.4, 0.5) is 11.4 Å². The normalized spacial score (nSPS) is 11.1. The number of carbonyl (C=O) groups excluding carboxylic acids is 2. The lowest BCUT2D eigenvalue weighted by Crippen LogP contribution is -2.37. The maximum Gasteiger partial charge on any atom is 0.240 e. The Morgan fingerprint density at radius 2 is 1.74 bits per heavy atom. The first kappa shape index (κ1) is 20.6. The molecule has 0 unspecified atom stereocenters. The Bertz CT molecular complexity index is 941. The highest BCUT2D eigenvalue weighted by Gasteiger charge is 2.16. The summed E-state index contributed by atoms with van der Waals surface area (Å²) in [5, 5.41) is 2.66. The molecule has 7 nitrogen and oxygen atoms in total. The van der Waals surface area contributed by atoms with Crippen molar-refractivity contribution in [1.82, 2.24) is 4.72 Å². The van der Waals surface area contributed by atoms with Gasteiger partial charge in [0.2, 0.25) is 21.8 Å². The number of nitrogens with one attached hydrogen (secondary N) is 2. The van der Waals surface area contributed by atoms with E-state index in [9.17, 15) is 18.0 Å². The summed E-state index contributed by atoms with van der Waals surface area (Å²) in [6, 6.07) is 13.4. The first-order valence-corrected chi connectivity index (χ1v) is 9.89. The summed E-state index contributed by atoms with van der Waals surface area (Å²) in [5.41, 5.74) is 1.98. The van der Waals surface area contributed by atoms with Crippen LogP contribution in [-0.2, 0) is 19.6 Å². The Hall–Kier alpha value is -2.71. The Morgan fingerprint density at radius 3 is 2.37 bits per heavy atom. The smallest absolute Gasteiger partial charge is 0.240 e. The second-order valence-electron chi connectivity index (χ2n) is 6.12. The quantitative estimate of drug-likeness (QED) is 0.759. The number of benzene rings is 2. The Morgan fingerprint density at radius 1 is 1.04 bits per heavy atom. The van der Waals surface area contributed by atoms with E-state index in [4.69, 9.17) is 0 Å². The van der Waals surface area contributed by atoms with Gasteiger partial charge in [-0.25, -0.2) is 13.1 Å².